The van der Waals surface area contributed by atoms with Crippen molar-refractivity contribution >= 4 is 40.4 Å². The molecule has 0 fully saturated rings. The second-order valence-corrected chi connectivity index (χ2v) is 11.0. The fourth-order valence-electron chi connectivity index (χ4n) is 4.81. The molecule has 1 N–H and O–H groups in total. The van der Waals surface area contributed by atoms with Crippen LogP contribution in [0.5, 0.6) is 11.5 Å². The average molecular weight is 598 g/mol. The van der Waals surface area contributed by atoms with Crippen molar-refractivity contribution in [2.24, 2.45) is 0 Å². The number of imidazole rings is 1. The summed E-state index contributed by atoms with van der Waals surface area (Å²) in [5.41, 5.74) is 5.07. The minimum absolute atomic E-state index is 0.0336. The van der Waals surface area contributed by atoms with E-state index in [1.165, 1.54) is 0 Å². The minimum atomic E-state index is -0.0336. The fourth-order valence-corrected chi connectivity index (χ4v) is 5.00. The second-order valence-electron chi connectivity index (χ2n) is 10.6. The molecule has 0 spiro atoms. The molecule has 1 aliphatic heterocycles. The average Bonchev–Trinajstić information content (AvgIpc) is 3.66. The highest BCUT2D eigenvalue weighted by molar-refractivity contribution is 6.31. The number of fused-ring (bicyclic) bond motifs is 2. The molecule has 0 aliphatic carbocycles. The van der Waals surface area contributed by atoms with Crippen LogP contribution in [-0.2, 0) is 13.1 Å². The lowest BCUT2D eigenvalue weighted by Crippen LogP contribution is -2.35. The van der Waals surface area contributed by atoms with Gasteiger partial charge in [-0.25, -0.2) is 4.98 Å². The third-order valence-corrected chi connectivity index (χ3v) is 7.77. The van der Waals surface area contributed by atoms with E-state index >= 15 is 0 Å². The summed E-state index contributed by atoms with van der Waals surface area (Å²) in [6.07, 6.45) is 1.76. The van der Waals surface area contributed by atoms with Crippen LogP contribution in [0.15, 0.2) is 73.1 Å². The highest BCUT2D eigenvalue weighted by Gasteiger charge is 2.19. The summed E-state index contributed by atoms with van der Waals surface area (Å²) < 4.78 is 13.0. The van der Waals surface area contributed by atoms with Gasteiger partial charge in [0.15, 0.2) is 28.5 Å². The Morgan fingerprint density at radius 1 is 1.00 bits per heavy atom. The molecule has 3 heterocycles. The number of nitrogens with one attached hydrogen (secondary N) is 1. The van der Waals surface area contributed by atoms with Crippen LogP contribution in [0.4, 0.5) is 11.8 Å². The van der Waals surface area contributed by atoms with Crippen molar-refractivity contribution in [3.63, 3.8) is 0 Å². The lowest BCUT2D eigenvalue weighted by molar-refractivity contribution is 0.0798. The molecular formula is C32H32ClN7O3. The monoisotopic (exact) mass is 597 g/mol. The van der Waals surface area contributed by atoms with Gasteiger partial charge in [-0.15, -0.1) is 0 Å². The van der Waals surface area contributed by atoms with Gasteiger partial charge in [0, 0.05) is 44.3 Å². The molecule has 10 nitrogen and oxygen atoms in total. The first-order valence-corrected chi connectivity index (χ1v) is 14.4. The van der Waals surface area contributed by atoms with Crippen molar-refractivity contribution < 1.29 is 14.3 Å². The highest BCUT2D eigenvalue weighted by Crippen LogP contribution is 2.33. The molecule has 0 saturated carbocycles. The van der Waals surface area contributed by atoms with Crippen molar-refractivity contribution in [3.8, 4) is 11.5 Å². The van der Waals surface area contributed by atoms with Gasteiger partial charge in [-0.1, -0.05) is 53.6 Å². The number of benzene rings is 3. The zero-order valence-corrected chi connectivity index (χ0v) is 25.0. The molecule has 0 atom stereocenters. The Labute approximate surface area is 254 Å². The highest BCUT2D eigenvalue weighted by atomic mass is 35.5. The molecule has 220 valence electrons. The van der Waals surface area contributed by atoms with Crippen LogP contribution in [0.1, 0.15) is 27.0 Å². The Morgan fingerprint density at radius 3 is 2.60 bits per heavy atom. The number of amides is 1. The summed E-state index contributed by atoms with van der Waals surface area (Å²) in [5.74, 6) is 2.54. The van der Waals surface area contributed by atoms with E-state index in [4.69, 9.17) is 31.0 Å². The topological polar surface area (TPSA) is 97.6 Å². The fraction of sp³-hybridized carbons (Fsp3) is 0.250. The van der Waals surface area contributed by atoms with Crippen molar-refractivity contribution in [1.82, 2.24) is 24.4 Å². The summed E-state index contributed by atoms with van der Waals surface area (Å²) in [4.78, 5) is 31.0. The van der Waals surface area contributed by atoms with Crippen molar-refractivity contribution in [1.29, 1.82) is 0 Å². The van der Waals surface area contributed by atoms with E-state index in [0.717, 1.165) is 28.2 Å². The number of aryl methyl sites for hydroxylation is 1. The van der Waals surface area contributed by atoms with Crippen LogP contribution in [0.2, 0.25) is 5.02 Å². The normalized spacial score (nSPS) is 12.0. The summed E-state index contributed by atoms with van der Waals surface area (Å²) >= 11 is 6.47. The molecule has 1 amide bonds. The molecule has 43 heavy (non-hydrogen) atoms. The predicted octanol–water partition coefficient (Wildman–Crippen LogP) is 5.39. The van der Waals surface area contributed by atoms with Crippen LogP contribution in [0.25, 0.3) is 11.2 Å². The number of anilines is 2. The molecule has 0 saturated heterocycles. The van der Waals surface area contributed by atoms with Crippen molar-refractivity contribution in [2.45, 2.75) is 20.0 Å². The van der Waals surface area contributed by atoms with Gasteiger partial charge in [-0.05, 0) is 48.4 Å². The van der Waals surface area contributed by atoms with Gasteiger partial charge >= 0.3 is 0 Å². The number of carbonyl (C=O) groups excluding carboxylic acids is 1. The van der Waals surface area contributed by atoms with Crippen LogP contribution in [0.3, 0.4) is 0 Å². The lowest BCUT2D eigenvalue weighted by Gasteiger charge is -2.23. The molecule has 1 aliphatic rings. The minimum Gasteiger partial charge on any atom is -0.454 e. The van der Waals surface area contributed by atoms with E-state index in [2.05, 4.69) is 10.3 Å². The molecule has 11 heteroatoms. The van der Waals surface area contributed by atoms with Gasteiger partial charge < -0.3 is 29.2 Å². The zero-order valence-electron chi connectivity index (χ0n) is 24.2. The van der Waals surface area contributed by atoms with Gasteiger partial charge in [0.05, 0.1) is 12.9 Å². The van der Waals surface area contributed by atoms with Gasteiger partial charge in [0.25, 0.3) is 5.91 Å². The van der Waals surface area contributed by atoms with E-state index in [-0.39, 0.29) is 12.7 Å². The summed E-state index contributed by atoms with van der Waals surface area (Å²) in [6.45, 7) is 4.25. The smallest absolute Gasteiger partial charge is 0.253 e. The number of aromatic nitrogens is 4. The van der Waals surface area contributed by atoms with E-state index in [0.29, 0.717) is 59.7 Å². The number of ether oxygens (including phenoxy) is 2. The standard InChI is InChI=1S/C32H32ClN7O3/c1-21-8-11-23(12-9-21)31(41)38(2)14-15-39(3)32-36-29(34-17-22-10-13-26-27(16-22)43-20-42-26)28-30(37-32)40(19-35-28)18-24-6-4-5-7-25(24)33/h4-13,16,19H,14-15,17-18,20H2,1-3H3,(H,34,36,37). The van der Waals surface area contributed by atoms with Crippen LogP contribution in [-0.4, -0.2) is 64.3 Å². The van der Waals surface area contributed by atoms with Gasteiger partial charge in [-0.2, -0.15) is 9.97 Å². The molecule has 5 aromatic rings. The number of likely N-dealkylation sites (N-methyl/N-ethyl adjacent to an activating group) is 2. The van der Waals surface area contributed by atoms with E-state index in [1.807, 2.05) is 90.2 Å². The van der Waals surface area contributed by atoms with Gasteiger partial charge in [0.1, 0.15) is 0 Å². The maximum absolute atomic E-state index is 13.0. The Kier molecular flexibility index (Phi) is 8.02. The maximum atomic E-state index is 13.0. The molecule has 0 bridgehead atoms. The number of rotatable bonds is 10. The molecule has 6 rings (SSSR count). The number of hydrogen-bond acceptors (Lipinski definition) is 8. The largest absolute Gasteiger partial charge is 0.454 e. The number of nitrogens with zero attached hydrogens (tertiary/aromatic N) is 6. The zero-order chi connectivity index (χ0) is 29.9. The van der Waals surface area contributed by atoms with E-state index < -0.39 is 0 Å². The van der Waals surface area contributed by atoms with Gasteiger partial charge in [-0.3, -0.25) is 4.79 Å². The predicted molar refractivity (Wildman–Crippen MR) is 167 cm³/mol. The first-order valence-electron chi connectivity index (χ1n) is 14.0. The molecule has 0 unspecified atom stereocenters. The SMILES string of the molecule is Cc1ccc(C(=O)N(C)CCN(C)c2nc(NCc3ccc4c(c3)OCO4)c3ncn(Cc4ccccc4Cl)c3n2)cc1. The maximum Gasteiger partial charge on any atom is 0.253 e. The van der Waals surface area contributed by atoms with Crippen LogP contribution >= 0.6 is 11.6 Å². The summed E-state index contributed by atoms with van der Waals surface area (Å²) in [5, 5.41) is 4.13. The molecular weight excluding hydrogens is 566 g/mol. The third-order valence-electron chi connectivity index (χ3n) is 7.41. The van der Waals surface area contributed by atoms with E-state index in [9.17, 15) is 4.79 Å². The van der Waals surface area contributed by atoms with Crippen molar-refractivity contribution in [3.05, 3.63) is 100 Å². The Morgan fingerprint density at radius 2 is 1.79 bits per heavy atom. The number of carbonyl (C=O) groups is 1. The Hall–Kier alpha value is -4.83. The third kappa shape index (κ3) is 6.19. The van der Waals surface area contributed by atoms with E-state index in [1.54, 1.807) is 18.3 Å². The quantitative estimate of drug-likeness (QED) is 0.229. The summed E-state index contributed by atoms with van der Waals surface area (Å²) in [6, 6.07) is 21.2. The second kappa shape index (κ2) is 12.2. The first-order chi connectivity index (χ1) is 20.9. The number of hydrogen-bond donors (Lipinski definition) is 1. The van der Waals surface area contributed by atoms with Gasteiger partial charge in [0.2, 0.25) is 12.7 Å². The number of halogens is 1. The molecule has 2 aromatic heterocycles. The Balaban J connectivity index is 1.25. The molecule has 3 aromatic carbocycles. The Bertz CT molecular complexity index is 1770. The van der Waals surface area contributed by atoms with Crippen LogP contribution < -0.4 is 19.7 Å². The first kappa shape index (κ1) is 28.3. The molecule has 0 radical (unpaired) electrons. The van der Waals surface area contributed by atoms with Crippen molar-refractivity contribution in [2.75, 3.05) is 44.2 Å². The summed E-state index contributed by atoms with van der Waals surface area (Å²) in [7, 11) is 3.72. The van der Waals surface area contributed by atoms with Crippen LogP contribution in [0, 0.1) is 6.92 Å². The lowest BCUT2D eigenvalue weighted by atomic mass is 10.1.